The Morgan fingerprint density at radius 1 is 1.20 bits per heavy atom. The van der Waals surface area contributed by atoms with Crippen LogP contribution in [0, 0.1) is 11.7 Å². The van der Waals surface area contributed by atoms with Crippen LogP contribution in [0.1, 0.15) is 33.3 Å². The smallest absolute Gasteiger partial charge is 0.191 e. The summed E-state index contributed by atoms with van der Waals surface area (Å²) in [6.45, 7) is 16.4. The zero-order valence-corrected chi connectivity index (χ0v) is 19.3. The first-order valence-corrected chi connectivity index (χ1v) is 11.4. The Labute approximate surface area is 181 Å². The average Bonchev–Trinajstić information content (AvgIpc) is 3.12. The fraction of sp³-hybridized carbons (Fsp3) is 0.696. The van der Waals surface area contributed by atoms with Gasteiger partial charge in [0, 0.05) is 64.9 Å². The molecule has 2 heterocycles. The number of hydrogen-bond donors (Lipinski definition) is 2. The Morgan fingerprint density at radius 3 is 2.50 bits per heavy atom. The minimum absolute atomic E-state index is 0.140. The molecule has 0 aromatic heterocycles. The second kappa shape index (κ2) is 10.4. The first-order valence-electron chi connectivity index (χ1n) is 11.4. The van der Waals surface area contributed by atoms with Gasteiger partial charge in [0.15, 0.2) is 5.96 Å². The van der Waals surface area contributed by atoms with Gasteiger partial charge >= 0.3 is 0 Å². The minimum Gasteiger partial charge on any atom is -0.367 e. The van der Waals surface area contributed by atoms with E-state index in [0.717, 1.165) is 57.3 Å². The van der Waals surface area contributed by atoms with Gasteiger partial charge in [0.2, 0.25) is 0 Å². The molecule has 0 spiro atoms. The third-order valence-corrected chi connectivity index (χ3v) is 6.55. The summed E-state index contributed by atoms with van der Waals surface area (Å²) in [6, 6.07) is 6.52. The molecule has 0 saturated carbocycles. The van der Waals surface area contributed by atoms with Gasteiger partial charge in [-0.15, -0.1) is 0 Å². The lowest BCUT2D eigenvalue weighted by atomic mass is 10.1. The molecule has 0 radical (unpaired) electrons. The van der Waals surface area contributed by atoms with Crippen molar-refractivity contribution in [2.24, 2.45) is 10.9 Å². The van der Waals surface area contributed by atoms with Crippen molar-refractivity contribution in [3.05, 3.63) is 29.6 Å². The molecule has 6 nitrogen and oxygen atoms in total. The summed E-state index contributed by atoms with van der Waals surface area (Å²) in [4.78, 5) is 11.4. The van der Waals surface area contributed by atoms with E-state index in [4.69, 9.17) is 0 Å². The summed E-state index contributed by atoms with van der Waals surface area (Å²) in [5.41, 5.74) is 1.64. The summed E-state index contributed by atoms with van der Waals surface area (Å²) in [7, 11) is 1.79. The summed E-state index contributed by atoms with van der Waals surface area (Å²) in [5.74, 6) is 1.20. The van der Waals surface area contributed by atoms with Crippen LogP contribution in [0.25, 0.3) is 0 Å². The number of piperazine rings is 1. The number of nitrogens with zero attached hydrogens (tertiary/aromatic N) is 4. The van der Waals surface area contributed by atoms with Crippen LogP contribution in [0.4, 0.5) is 10.1 Å². The quantitative estimate of drug-likeness (QED) is 0.549. The number of benzene rings is 1. The normalized spacial score (nSPS) is 24.0. The number of anilines is 1. The Kier molecular flexibility index (Phi) is 7.94. The van der Waals surface area contributed by atoms with Gasteiger partial charge in [0.1, 0.15) is 5.82 Å². The van der Waals surface area contributed by atoms with E-state index in [9.17, 15) is 4.39 Å². The van der Waals surface area contributed by atoms with Gasteiger partial charge in [-0.05, 0) is 44.0 Å². The lowest BCUT2D eigenvalue weighted by molar-refractivity contribution is 0.265. The summed E-state index contributed by atoms with van der Waals surface area (Å²) in [5, 5.41) is 6.90. The Morgan fingerprint density at radius 2 is 1.93 bits per heavy atom. The zero-order chi connectivity index (χ0) is 21.7. The molecule has 30 heavy (non-hydrogen) atoms. The van der Waals surface area contributed by atoms with Gasteiger partial charge in [-0.3, -0.25) is 9.89 Å². The first kappa shape index (κ1) is 22.8. The number of hydrogen-bond acceptors (Lipinski definition) is 4. The molecule has 0 aliphatic carbocycles. The second-order valence-electron chi connectivity index (χ2n) is 8.91. The first-order chi connectivity index (χ1) is 14.4. The molecule has 2 saturated heterocycles. The Bertz CT molecular complexity index is 714. The van der Waals surface area contributed by atoms with E-state index in [1.807, 2.05) is 12.1 Å². The highest BCUT2D eigenvalue weighted by molar-refractivity contribution is 5.80. The van der Waals surface area contributed by atoms with Crippen LogP contribution in [-0.4, -0.2) is 80.7 Å². The largest absolute Gasteiger partial charge is 0.367 e. The minimum atomic E-state index is -0.140. The fourth-order valence-electron chi connectivity index (χ4n) is 4.39. The molecule has 1 aromatic carbocycles. The maximum Gasteiger partial charge on any atom is 0.191 e. The van der Waals surface area contributed by atoms with E-state index in [1.54, 1.807) is 13.1 Å². The molecular formula is C23H39FN6. The SMILES string of the molecule is CCN1CCN(c2ccc(CNC(=NC)NC3CN(C(C)C)CC3C)cc2F)CC1. The number of halogens is 1. The van der Waals surface area contributed by atoms with Gasteiger partial charge in [-0.2, -0.15) is 0 Å². The van der Waals surface area contributed by atoms with Crippen LogP contribution >= 0.6 is 0 Å². The molecule has 7 heteroatoms. The maximum atomic E-state index is 14.8. The van der Waals surface area contributed by atoms with Gasteiger partial charge in [-0.1, -0.05) is 19.9 Å². The molecule has 2 aliphatic heterocycles. The van der Waals surface area contributed by atoms with E-state index in [-0.39, 0.29) is 5.82 Å². The predicted molar refractivity (Wildman–Crippen MR) is 124 cm³/mol. The molecule has 3 rings (SSSR count). The summed E-state index contributed by atoms with van der Waals surface area (Å²) >= 11 is 0. The van der Waals surface area contributed by atoms with Crippen LogP contribution in [0.3, 0.4) is 0 Å². The van der Waals surface area contributed by atoms with Crippen LogP contribution in [0.15, 0.2) is 23.2 Å². The third-order valence-electron chi connectivity index (χ3n) is 6.55. The fourth-order valence-corrected chi connectivity index (χ4v) is 4.39. The number of aliphatic imine (C=N–C) groups is 1. The van der Waals surface area contributed by atoms with E-state index in [0.29, 0.717) is 30.2 Å². The van der Waals surface area contributed by atoms with Gasteiger partial charge in [0.05, 0.1) is 5.69 Å². The number of nitrogens with one attached hydrogen (secondary N) is 2. The topological polar surface area (TPSA) is 46.1 Å². The van der Waals surface area contributed by atoms with E-state index < -0.39 is 0 Å². The van der Waals surface area contributed by atoms with Crippen LogP contribution in [-0.2, 0) is 6.54 Å². The molecule has 2 fully saturated rings. The van der Waals surface area contributed by atoms with Crippen molar-refractivity contribution in [3.63, 3.8) is 0 Å². The molecule has 2 atom stereocenters. The second-order valence-corrected chi connectivity index (χ2v) is 8.91. The zero-order valence-electron chi connectivity index (χ0n) is 19.3. The van der Waals surface area contributed by atoms with Gasteiger partial charge < -0.3 is 20.4 Å². The van der Waals surface area contributed by atoms with Crippen LogP contribution < -0.4 is 15.5 Å². The third kappa shape index (κ3) is 5.64. The molecule has 2 N–H and O–H groups in total. The lowest BCUT2D eigenvalue weighted by Gasteiger charge is -2.35. The monoisotopic (exact) mass is 418 g/mol. The molecule has 0 amide bonds. The van der Waals surface area contributed by atoms with Crippen molar-refractivity contribution >= 4 is 11.6 Å². The molecule has 0 bridgehead atoms. The highest BCUT2D eigenvalue weighted by Crippen LogP contribution is 2.22. The predicted octanol–water partition coefficient (Wildman–Crippen LogP) is 2.36. The van der Waals surface area contributed by atoms with Crippen molar-refractivity contribution in [2.75, 3.05) is 57.8 Å². The Hall–Kier alpha value is -1.86. The average molecular weight is 419 g/mol. The van der Waals surface area contributed by atoms with Crippen LogP contribution in [0.2, 0.25) is 0 Å². The van der Waals surface area contributed by atoms with Crippen LogP contribution in [0.5, 0.6) is 0 Å². The van der Waals surface area contributed by atoms with Crippen molar-refractivity contribution in [3.8, 4) is 0 Å². The van der Waals surface area contributed by atoms with Crippen molar-refractivity contribution in [1.82, 2.24) is 20.4 Å². The number of guanidine groups is 1. The Balaban J connectivity index is 1.53. The van der Waals surface area contributed by atoms with Gasteiger partial charge in [0.25, 0.3) is 0 Å². The molecule has 1 aromatic rings. The highest BCUT2D eigenvalue weighted by atomic mass is 19.1. The molecule has 2 unspecified atom stereocenters. The van der Waals surface area contributed by atoms with E-state index >= 15 is 0 Å². The van der Waals surface area contributed by atoms with E-state index in [1.165, 1.54) is 0 Å². The molecule has 2 aliphatic rings. The summed E-state index contributed by atoms with van der Waals surface area (Å²) < 4.78 is 14.8. The molecule has 168 valence electrons. The van der Waals surface area contributed by atoms with Crippen molar-refractivity contribution < 1.29 is 4.39 Å². The standard InChI is InChI=1S/C23H39FN6/c1-6-28-9-11-29(12-10-28)22-8-7-19(13-20(22)24)14-26-23(25-5)27-21-16-30(17(2)3)15-18(21)4/h7-8,13,17-18,21H,6,9-12,14-16H2,1-5H3,(H2,25,26,27). The number of rotatable bonds is 6. The maximum absolute atomic E-state index is 14.8. The van der Waals surface area contributed by atoms with Crippen molar-refractivity contribution in [1.29, 1.82) is 0 Å². The highest BCUT2D eigenvalue weighted by Gasteiger charge is 2.31. The van der Waals surface area contributed by atoms with Gasteiger partial charge in [-0.25, -0.2) is 4.39 Å². The van der Waals surface area contributed by atoms with Crippen molar-refractivity contribution in [2.45, 2.75) is 46.3 Å². The molecular weight excluding hydrogens is 379 g/mol. The number of likely N-dealkylation sites (tertiary alicyclic amines) is 1. The van der Waals surface area contributed by atoms with E-state index in [2.05, 4.69) is 58.0 Å². The summed E-state index contributed by atoms with van der Waals surface area (Å²) in [6.07, 6.45) is 0. The lowest BCUT2D eigenvalue weighted by Crippen LogP contribution is -2.46. The number of likely N-dealkylation sites (N-methyl/N-ethyl adjacent to an activating group) is 1.